The molecular formula is C16H29NO4. The monoisotopic (exact) mass is 299 g/mol. The van der Waals surface area contributed by atoms with Crippen molar-refractivity contribution < 1.29 is 19.1 Å². The predicted molar refractivity (Wildman–Crippen MR) is 82.0 cm³/mol. The molecule has 1 amide bonds. The molecule has 0 spiro atoms. The van der Waals surface area contributed by atoms with Gasteiger partial charge in [0.15, 0.2) is 0 Å². The number of rotatable bonds is 10. The third kappa shape index (κ3) is 8.60. The topological polar surface area (TPSA) is 72.5 Å². The van der Waals surface area contributed by atoms with Crippen LogP contribution in [0.4, 0.5) is 0 Å². The van der Waals surface area contributed by atoms with Crippen LogP contribution < -0.4 is 5.32 Å². The summed E-state index contributed by atoms with van der Waals surface area (Å²) in [5, 5.41) is 2.74. The van der Waals surface area contributed by atoms with Crippen LogP contribution in [0.1, 0.15) is 54.4 Å². The van der Waals surface area contributed by atoms with E-state index in [0.717, 1.165) is 0 Å². The van der Waals surface area contributed by atoms with Crippen molar-refractivity contribution in [1.82, 2.24) is 5.32 Å². The van der Waals surface area contributed by atoms with E-state index in [9.17, 15) is 14.4 Å². The van der Waals surface area contributed by atoms with Crippen LogP contribution >= 0.6 is 0 Å². The molecule has 0 aliphatic carbocycles. The number of hydrogen-bond acceptors (Lipinski definition) is 4. The summed E-state index contributed by atoms with van der Waals surface area (Å²) in [6, 6.07) is 0. The van der Waals surface area contributed by atoms with Gasteiger partial charge in [0.05, 0.1) is 12.7 Å². The van der Waals surface area contributed by atoms with Gasteiger partial charge in [0.2, 0.25) is 5.91 Å². The number of ether oxygens (including phenoxy) is 1. The highest BCUT2D eigenvalue weighted by atomic mass is 16.5. The van der Waals surface area contributed by atoms with E-state index in [1.165, 1.54) is 0 Å². The van der Waals surface area contributed by atoms with Crippen LogP contribution in [0.15, 0.2) is 0 Å². The summed E-state index contributed by atoms with van der Waals surface area (Å²) >= 11 is 0. The molecule has 1 N–H and O–H groups in total. The quantitative estimate of drug-likeness (QED) is 0.670. The molecule has 0 rings (SSSR count). The molecule has 0 aromatic rings. The zero-order valence-corrected chi connectivity index (χ0v) is 14.1. The molecule has 0 saturated carbocycles. The molecule has 0 radical (unpaired) electrons. The van der Waals surface area contributed by atoms with Gasteiger partial charge in [0.25, 0.3) is 0 Å². The Morgan fingerprint density at radius 2 is 1.67 bits per heavy atom. The van der Waals surface area contributed by atoms with Gasteiger partial charge in [-0.2, -0.15) is 0 Å². The summed E-state index contributed by atoms with van der Waals surface area (Å²) in [4.78, 5) is 34.4. The summed E-state index contributed by atoms with van der Waals surface area (Å²) in [6.45, 7) is 11.4. The van der Waals surface area contributed by atoms with Crippen LogP contribution in [0.5, 0.6) is 0 Å². The first-order chi connectivity index (χ1) is 9.56. The SMILES string of the molecule is CC(=O)C(C)(C)COC(C)CNC(=O)CCC(=O)C(C)C. The molecule has 122 valence electrons. The van der Waals surface area contributed by atoms with Crippen LogP contribution in [0.2, 0.25) is 0 Å². The van der Waals surface area contributed by atoms with Gasteiger partial charge in [0.1, 0.15) is 11.6 Å². The van der Waals surface area contributed by atoms with Crippen molar-refractivity contribution in [3.05, 3.63) is 0 Å². The smallest absolute Gasteiger partial charge is 0.220 e. The molecule has 0 aromatic carbocycles. The fraction of sp³-hybridized carbons (Fsp3) is 0.812. The maximum absolute atomic E-state index is 11.6. The van der Waals surface area contributed by atoms with Crippen molar-refractivity contribution in [1.29, 1.82) is 0 Å². The second kappa shape index (κ2) is 8.93. The Balaban J connectivity index is 3.93. The largest absolute Gasteiger partial charge is 0.376 e. The summed E-state index contributed by atoms with van der Waals surface area (Å²) in [6.07, 6.45) is 0.312. The summed E-state index contributed by atoms with van der Waals surface area (Å²) in [5.74, 6) is -0.0114. The summed E-state index contributed by atoms with van der Waals surface area (Å²) in [5.41, 5.74) is -0.512. The minimum Gasteiger partial charge on any atom is -0.376 e. The third-order valence-electron chi connectivity index (χ3n) is 3.51. The lowest BCUT2D eigenvalue weighted by Gasteiger charge is -2.23. The van der Waals surface area contributed by atoms with Crippen LogP contribution in [-0.4, -0.2) is 36.7 Å². The Hall–Kier alpha value is -1.23. The van der Waals surface area contributed by atoms with Crippen LogP contribution in [-0.2, 0) is 19.1 Å². The second-order valence-corrected chi connectivity index (χ2v) is 6.49. The van der Waals surface area contributed by atoms with Gasteiger partial charge in [-0.25, -0.2) is 0 Å². The molecule has 1 unspecified atom stereocenters. The van der Waals surface area contributed by atoms with Crippen LogP contribution in [0.25, 0.3) is 0 Å². The average Bonchev–Trinajstić information content (AvgIpc) is 2.39. The van der Waals surface area contributed by atoms with Crippen molar-refractivity contribution in [3.63, 3.8) is 0 Å². The standard InChI is InChI=1S/C16H29NO4/c1-11(2)14(19)7-8-15(20)17-9-12(3)21-10-16(5,6)13(4)18/h11-12H,7-10H2,1-6H3,(H,17,20). The highest BCUT2D eigenvalue weighted by molar-refractivity contribution is 5.85. The van der Waals surface area contributed by atoms with Gasteiger partial charge < -0.3 is 10.1 Å². The molecule has 0 saturated heterocycles. The van der Waals surface area contributed by atoms with Crippen molar-refractivity contribution in [2.45, 2.75) is 60.5 Å². The van der Waals surface area contributed by atoms with Gasteiger partial charge in [-0.15, -0.1) is 0 Å². The zero-order valence-electron chi connectivity index (χ0n) is 14.1. The molecule has 21 heavy (non-hydrogen) atoms. The number of ketones is 2. The lowest BCUT2D eigenvalue weighted by Crippen LogP contribution is -2.35. The van der Waals surface area contributed by atoms with E-state index in [4.69, 9.17) is 4.74 Å². The van der Waals surface area contributed by atoms with E-state index in [-0.39, 0.29) is 42.3 Å². The van der Waals surface area contributed by atoms with E-state index in [1.54, 1.807) is 6.92 Å². The highest BCUT2D eigenvalue weighted by Crippen LogP contribution is 2.17. The molecular weight excluding hydrogens is 270 g/mol. The van der Waals surface area contributed by atoms with E-state index in [1.807, 2.05) is 34.6 Å². The van der Waals surface area contributed by atoms with Crippen molar-refractivity contribution in [3.8, 4) is 0 Å². The maximum atomic E-state index is 11.6. The first-order valence-corrected chi connectivity index (χ1v) is 7.48. The fourth-order valence-electron chi connectivity index (χ4n) is 1.38. The third-order valence-corrected chi connectivity index (χ3v) is 3.51. The van der Waals surface area contributed by atoms with Crippen molar-refractivity contribution >= 4 is 17.5 Å². The molecule has 0 fully saturated rings. The van der Waals surface area contributed by atoms with E-state index in [2.05, 4.69) is 5.32 Å². The Bertz CT molecular complexity index is 374. The van der Waals surface area contributed by atoms with Crippen LogP contribution in [0.3, 0.4) is 0 Å². The number of Topliss-reactive ketones (excluding diaryl/α,β-unsaturated/α-hetero) is 2. The van der Waals surface area contributed by atoms with Crippen molar-refractivity contribution in [2.24, 2.45) is 11.3 Å². The Labute approximate surface area is 127 Å². The molecule has 0 aromatic heterocycles. The van der Waals surface area contributed by atoms with Crippen LogP contribution in [0, 0.1) is 11.3 Å². The minimum absolute atomic E-state index is 0.0335. The Kier molecular flexibility index (Phi) is 8.40. The lowest BCUT2D eigenvalue weighted by molar-refractivity contribution is -0.130. The second-order valence-electron chi connectivity index (χ2n) is 6.49. The van der Waals surface area contributed by atoms with Gasteiger partial charge in [-0.05, 0) is 13.8 Å². The zero-order chi connectivity index (χ0) is 16.6. The minimum atomic E-state index is -0.512. The van der Waals surface area contributed by atoms with E-state index in [0.29, 0.717) is 13.2 Å². The summed E-state index contributed by atoms with van der Waals surface area (Å²) in [7, 11) is 0. The lowest BCUT2D eigenvalue weighted by atomic mass is 9.90. The number of nitrogens with one attached hydrogen (secondary N) is 1. The Morgan fingerprint density at radius 1 is 1.10 bits per heavy atom. The normalized spacial score (nSPS) is 13.1. The van der Waals surface area contributed by atoms with Crippen molar-refractivity contribution in [2.75, 3.05) is 13.2 Å². The number of hydrogen-bond donors (Lipinski definition) is 1. The van der Waals surface area contributed by atoms with Gasteiger partial charge >= 0.3 is 0 Å². The molecule has 0 bridgehead atoms. The molecule has 5 heteroatoms. The Morgan fingerprint density at radius 3 is 2.14 bits per heavy atom. The van der Waals surface area contributed by atoms with Gasteiger partial charge in [-0.3, -0.25) is 14.4 Å². The van der Waals surface area contributed by atoms with E-state index < -0.39 is 5.41 Å². The number of carbonyl (C=O) groups excluding carboxylic acids is 3. The molecule has 1 atom stereocenters. The first kappa shape index (κ1) is 19.8. The molecule has 5 nitrogen and oxygen atoms in total. The summed E-state index contributed by atoms with van der Waals surface area (Å²) < 4.78 is 5.58. The fourth-order valence-corrected chi connectivity index (χ4v) is 1.38. The van der Waals surface area contributed by atoms with Gasteiger partial charge in [0, 0.05) is 30.7 Å². The molecule has 0 aliphatic rings. The highest BCUT2D eigenvalue weighted by Gasteiger charge is 2.24. The maximum Gasteiger partial charge on any atom is 0.220 e. The average molecular weight is 299 g/mol. The van der Waals surface area contributed by atoms with E-state index >= 15 is 0 Å². The number of amides is 1. The van der Waals surface area contributed by atoms with Gasteiger partial charge in [-0.1, -0.05) is 27.7 Å². The molecule has 0 heterocycles. The number of carbonyl (C=O) groups is 3. The molecule has 0 aliphatic heterocycles. The first-order valence-electron chi connectivity index (χ1n) is 7.48. The predicted octanol–water partition coefficient (Wildman–Crippen LogP) is 2.13.